The Morgan fingerprint density at radius 3 is 2.00 bits per heavy atom. The van der Waals surface area contributed by atoms with Crippen LogP contribution in [0.2, 0.25) is 0 Å². The zero-order valence-electron chi connectivity index (χ0n) is 34.3. The van der Waals surface area contributed by atoms with Crippen LogP contribution in [0.25, 0.3) is 11.3 Å². The number of fused-ring (bicyclic) bond motifs is 1. The number of hydrogen-bond acceptors (Lipinski definition) is 7. The van der Waals surface area contributed by atoms with Crippen molar-refractivity contribution in [1.82, 2.24) is 29.1 Å². The van der Waals surface area contributed by atoms with Crippen LogP contribution in [-0.4, -0.2) is 91.8 Å². The molecule has 3 unspecified atom stereocenters. The minimum atomic E-state index is -3.31. The molecule has 3 aliphatic rings. The topological polar surface area (TPSA) is 119 Å². The summed E-state index contributed by atoms with van der Waals surface area (Å²) in [4.78, 5) is 41.6. The van der Waals surface area contributed by atoms with Gasteiger partial charge >= 0.3 is 0 Å². The van der Waals surface area contributed by atoms with Crippen molar-refractivity contribution in [3.63, 3.8) is 0 Å². The number of ketones is 2. The number of amides is 1. The lowest BCUT2D eigenvalue weighted by Gasteiger charge is -2.19. The van der Waals surface area contributed by atoms with E-state index in [4.69, 9.17) is 5.73 Å². The van der Waals surface area contributed by atoms with Crippen LogP contribution < -0.4 is 5.73 Å². The van der Waals surface area contributed by atoms with Gasteiger partial charge in [-0.25, -0.2) is 13.8 Å². The van der Waals surface area contributed by atoms with Gasteiger partial charge in [0.05, 0.1) is 11.9 Å². The van der Waals surface area contributed by atoms with Crippen molar-refractivity contribution in [2.45, 2.75) is 106 Å². The number of aryl methyl sites for hydroxylation is 2. The summed E-state index contributed by atoms with van der Waals surface area (Å²) in [5.74, 6) is -3.49. The number of nitrogens with zero attached hydrogens (tertiary/aromatic N) is 6. The first-order valence-electron chi connectivity index (χ1n) is 19.3. The predicted molar refractivity (Wildman–Crippen MR) is 208 cm³/mol. The molecule has 10 nitrogen and oxygen atoms in total. The third-order valence-corrected chi connectivity index (χ3v) is 10.4. The van der Waals surface area contributed by atoms with Gasteiger partial charge in [-0.15, -0.1) is 0 Å². The summed E-state index contributed by atoms with van der Waals surface area (Å²) < 4.78 is 56.3. The summed E-state index contributed by atoms with van der Waals surface area (Å²) in [5, 5.41) is 3.67. The molecule has 0 spiro atoms. The van der Waals surface area contributed by atoms with Gasteiger partial charge in [-0.3, -0.25) is 19.1 Å². The van der Waals surface area contributed by atoms with Crippen LogP contribution in [0.3, 0.4) is 0 Å². The van der Waals surface area contributed by atoms with E-state index in [1.807, 2.05) is 36.9 Å². The number of rotatable bonds is 12. The second-order valence-corrected chi connectivity index (χ2v) is 15.3. The van der Waals surface area contributed by atoms with Gasteiger partial charge in [0.1, 0.15) is 11.7 Å². The molecule has 2 saturated carbocycles. The first-order valence-corrected chi connectivity index (χ1v) is 19.3. The van der Waals surface area contributed by atoms with E-state index in [1.54, 1.807) is 13.8 Å². The molecular weight excluding hydrogens is 714 g/mol. The van der Waals surface area contributed by atoms with Gasteiger partial charge in [0, 0.05) is 64.7 Å². The van der Waals surface area contributed by atoms with Gasteiger partial charge in [-0.1, -0.05) is 44.5 Å². The molecular formula is C41H61F4N7O3. The minimum absolute atomic E-state index is 0.0114. The maximum Gasteiger partial charge on any atom is 0.289 e. The van der Waals surface area contributed by atoms with Gasteiger partial charge in [0.15, 0.2) is 17.4 Å². The highest BCUT2D eigenvalue weighted by Crippen LogP contribution is 2.53. The van der Waals surface area contributed by atoms with E-state index in [0.29, 0.717) is 6.92 Å². The van der Waals surface area contributed by atoms with Crippen LogP contribution in [0.1, 0.15) is 118 Å². The standard InChI is InChI=1S/C14H14F4N4O.C10H12O.C9H22N2.C8H13NO/c1-7(23)12-19-5-9(21(12)3)8-6-22(10-4-14(10,17)18)20-11(8)13(2,15)16;1-7-4-5-10(9(3)11)8(2)6-7;1-3-7-11(8-4-2)9-5-6-10;1-5-7-3-9(6(2)10)4-8(5)7/h5-6,10H,4H2,1-3H3;4-6H,1-3H3;3-10H2,1-2H3;5,7-8H,3-4H2,1-2H3/t;;;5?,7-,8?/m...1/s1. The summed E-state index contributed by atoms with van der Waals surface area (Å²) >= 11 is 0. The Hall–Kier alpha value is -3.91. The first-order chi connectivity index (χ1) is 25.7. The molecule has 55 heavy (non-hydrogen) atoms. The fraction of sp³-hybridized carbons (Fsp3) is 0.634. The van der Waals surface area contributed by atoms with Crippen LogP contribution in [0.15, 0.2) is 30.6 Å². The van der Waals surface area contributed by atoms with Crippen molar-refractivity contribution in [1.29, 1.82) is 0 Å². The number of carbonyl (C=O) groups excluding carboxylic acids is 3. The molecule has 3 fully saturated rings. The highest BCUT2D eigenvalue weighted by molar-refractivity contribution is 5.95. The molecule has 2 aromatic heterocycles. The maximum absolute atomic E-state index is 13.8. The smallest absolute Gasteiger partial charge is 0.289 e. The number of alkyl halides is 4. The van der Waals surface area contributed by atoms with E-state index in [-0.39, 0.29) is 34.6 Å². The van der Waals surface area contributed by atoms with Crippen LogP contribution in [0, 0.1) is 31.6 Å². The molecule has 2 N–H and O–H groups in total. The van der Waals surface area contributed by atoms with Crippen LogP contribution >= 0.6 is 0 Å². The molecule has 14 heteroatoms. The Morgan fingerprint density at radius 1 is 1.00 bits per heavy atom. The quantitative estimate of drug-likeness (QED) is 0.147. The average molecular weight is 776 g/mol. The summed E-state index contributed by atoms with van der Waals surface area (Å²) in [5.41, 5.74) is 8.14. The number of hydrogen-bond donors (Lipinski definition) is 1. The molecule has 3 aromatic rings. The van der Waals surface area contributed by atoms with E-state index in [9.17, 15) is 31.9 Å². The molecule has 0 bridgehead atoms. The third-order valence-electron chi connectivity index (χ3n) is 10.4. The second-order valence-electron chi connectivity index (χ2n) is 15.3. The number of halogens is 4. The third kappa shape index (κ3) is 12.3. The first kappa shape index (κ1) is 45.5. The molecule has 1 aromatic carbocycles. The Bertz CT molecular complexity index is 1750. The monoisotopic (exact) mass is 775 g/mol. The van der Waals surface area contributed by atoms with E-state index >= 15 is 0 Å². The Balaban J connectivity index is 0.000000214. The van der Waals surface area contributed by atoms with Crippen LogP contribution in [-0.2, 0) is 17.8 Å². The lowest BCUT2D eigenvalue weighted by molar-refractivity contribution is -0.128. The van der Waals surface area contributed by atoms with Gasteiger partial charge in [-0.2, -0.15) is 13.9 Å². The van der Waals surface area contributed by atoms with E-state index < -0.39 is 30.0 Å². The van der Waals surface area contributed by atoms with Crippen molar-refractivity contribution in [3.05, 3.63) is 58.8 Å². The fourth-order valence-electron chi connectivity index (χ4n) is 7.11. The van der Waals surface area contributed by atoms with Crippen LogP contribution in [0.5, 0.6) is 0 Å². The lowest BCUT2D eigenvalue weighted by Crippen LogP contribution is -2.28. The number of Topliss-reactive ketones (excluding diaryl/α,β-unsaturated/α-hetero) is 2. The minimum Gasteiger partial charge on any atom is -0.342 e. The van der Waals surface area contributed by atoms with Crippen molar-refractivity contribution in [2.75, 3.05) is 39.3 Å². The Kier molecular flexibility index (Phi) is 16.0. The second kappa shape index (κ2) is 19.3. The number of imidazole rings is 1. The number of aromatic nitrogens is 4. The zero-order chi connectivity index (χ0) is 41.4. The SMILES string of the molecule is CC(=O)N1CC2C(C)[C@H]2C1.CC(=O)c1ccc(C)cc1C.CC(=O)c1ncc(-c2cn(C3CC3(F)F)nc2C(C)(F)F)n1C.CCCN(CCC)CCCN. The summed E-state index contributed by atoms with van der Waals surface area (Å²) in [6.07, 6.45) is 5.65. The number of nitrogens with two attached hydrogens (primary N) is 1. The van der Waals surface area contributed by atoms with Gasteiger partial charge in [0.25, 0.3) is 11.8 Å². The molecule has 1 saturated heterocycles. The van der Waals surface area contributed by atoms with Gasteiger partial charge in [-0.05, 0) is 89.5 Å². The normalized spacial score (nSPS) is 20.3. The highest BCUT2D eigenvalue weighted by atomic mass is 19.3. The molecule has 4 atom stereocenters. The van der Waals surface area contributed by atoms with Crippen molar-refractivity contribution in [2.24, 2.45) is 30.5 Å². The van der Waals surface area contributed by atoms with Gasteiger partial charge < -0.3 is 20.1 Å². The average Bonchev–Trinajstić information content (AvgIpc) is 3.57. The van der Waals surface area contributed by atoms with E-state index in [1.165, 1.54) is 69.0 Å². The van der Waals surface area contributed by atoms with E-state index in [2.05, 4.69) is 35.8 Å². The van der Waals surface area contributed by atoms with Gasteiger partial charge in [0.2, 0.25) is 5.91 Å². The molecule has 3 heterocycles. The van der Waals surface area contributed by atoms with Crippen LogP contribution in [0.4, 0.5) is 17.6 Å². The molecule has 306 valence electrons. The number of benzene rings is 1. The fourth-order valence-corrected chi connectivity index (χ4v) is 7.11. The van der Waals surface area contributed by atoms with E-state index in [0.717, 1.165) is 59.6 Å². The molecule has 2 aliphatic carbocycles. The summed E-state index contributed by atoms with van der Waals surface area (Å²) in [6.45, 7) is 22.5. The highest BCUT2D eigenvalue weighted by Gasteiger charge is 2.59. The Morgan fingerprint density at radius 2 is 1.58 bits per heavy atom. The predicted octanol–water partition coefficient (Wildman–Crippen LogP) is 7.87. The largest absolute Gasteiger partial charge is 0.342 e. The molecule has 1 amide bonds. The zero-order valence-corrected chi connectivity index (χ0v) is 34.3. The Labute approximate surface area is 323 Å². The number of carbonyl (C=O) groups is 3. The van der Waals surface area contributed by atoms with Crippen molar-refractivity contribution in [3.8, 4) is 11.3 Å². The number of likely N-dealkylation sites (tertiary alicyclic amines) is 1. The summed E-state index contributed by atoms with van der Waals surface area (Å²) in [7, 11) is 1.50. The molecule has 1 aliphatic heterocycles. The lowest BCUT2D eigenvalue weighted by atomic mass is 10.0. The maximum atomic E-state index is 13.8. The molecule has 6 rings (SSSR count). The number of piperidine rings is 1. The van der Waals surface area contributed by atoms with Crippen molar-refractivity contribution < 1.29 is 31.9 Å². The van der Waals surface area contributed by atoms with Crippen molar-refractivity contribution >= 4 is 17.5 Å². The molecule has 0 radical (unpaired) electrons. The summed E-state index contributed by atoms with van der Waals surface area (Å²) in [6, 6.07) is 4.66.